The summed E-state index contributed by atoms with van der Waals surface area (Å²) in [6, 6.07) is 15.5. The lowest BCUT2D eigenvalue weighted by atomic mass is 9.99. The molecule has 1 heterocycles. The number of hydrogen-bond donors (Lipinski definition) is 2. The van der Waals surface area contributed by atoms with Gasteiger partial charge in [-0.25, -0.2) is 9.78 Å². The highest BCUT2D eigenvalue weighted by atomic mass is 16.4. The molecular weight excluding hydrogens is 300 g/mol. The summed E-state index contributed by atoms with van der Waals surface area (Å²) < 4.78 is 0. The molecule has 0 unspecified atom stereocenters. The van der Waals surface area contributed by atoms with E-state index in [2.05, 4.69) is 17.2 Å². The summed E-state index contributed by atoms with van der Waals surface area (Å²) in [5.74, 6) is -0.971. The number of aromatic carboxylic acids is 1. The number of nitrogens with one attached hydrogen (secondary N) is 1. The standard InChI is InChI=1S/C20H20N2O2/c1-3-13-10-11-16-15(12-13)19(21-4-2)17(20(23)24)18(22-16)14-8-6-5-7-9-14/h5-12H,3-4H2,1-2H3,(H,21,22)(H,23,24). The molecule has 4 heteroatoms. The molecule has 0 radical (unpaired) electrons. The van der Waals surface area contributed by atoms with Gasteiger partial charge in [-0.05, 0) is 31.0 Å². The van der Waals surface area contributed by atoms with Crippen LogP contribution in [-0.4, -0.2) is 22.6 Å². The fourth-order valence-electron chi connectivity index (χ4n) is 2.90. The van der Waals surface area contributed by atoms with Crippen LogP contribution in [0.5, 0.6) is 0 Å². The number of hydrogen-bond acceptors (Lipinski definition) is 3. The van der Waals surface area contributed by atoms with Gasteiger partial charge in [-0.2, -0.15) is 0 Å². The Kier molecular flexibility index (Phi) is 4.47. The first-order valence-electron chi connectivity index (χ1n) is 8.14. The van der Waals surface area contributed by atoms with Crippen molar-refractivity contribution in [1.29, 1.82) is 0 Å². The van der Waals surface area contributed by atoms with Gasteiger partial charge in [-0.15, -0.1) is 0 Å². The van der Waals surface area contributed by atoms with Gasteiger partial charge in [0.25, 0.3) is 0 Å². The van der Waals surface area contributed by atoms with E-state index < -0.39 is 5.97 Å². The molecule has 0 amide bonds. The van der Waals surface area contributed by atoms with Gasteiger partial charge >= 0.3 is 5.97 Å². The largest absolute Gasteiger partial charge is 0.478 e. The molecule has 0 fully saturated rings. The Hall–Kier alpha value is -2.88. The summed E-state index contributed by atoms with van der Waals surface area (Å²) in [6.45, 7) is 4.69. The van der Waals surface area contributed by atoms with E-state index in [1.54, 1.807) is 0 Å². The van der Waals surface area contributed by atoms with E-state index in [-0.39, 0.29) is 5.56 Å². The molecule has 0 spiro atoms. The molecule has 24 heavy (non-hydrogen) atoms. The number of carboxylic acids is 1. The number of nitrogens with zero attached hydrogens (tertiary/aromatic N) is 1. The predicted octanol–water partition coefficient (Wildman–Crippen LogP) is 4.59. The van der Waals surface area contributed by atoms with E-state index in [1.807, 2.05) is 55.5 Å². The highest BCUT2D eigenvalue weighted by Crippen LogP contribution is 2.34. The molecule has 3 aromatic rings. The zero-order valence-electron chi connectivity index (χ0n) is 13.8. The Bertz CT molecular complexity index is 889. The molecule has 4 nitrogen and oxygen atoms in total. The molecule has 2 aromatic carbocycles. The third-order valence-corrected chi connectivity index (χ3v) is 4.07. The maximum Gasteiger partial charge on any atom is 0.340 e. The maximum absolute atomic E-state index is 12.0. The van der Waals surface area contributed by atoms with E-state index in [9.17, 15) is 9.90 Å². The summed E-state index contributed by atoms with van der Waals surface area (Å²) in [7, 11) is 0. The molecule has 0 saturated heterocycles. The first kappa shape index (κ1) is 16.0. The van der Waals surface area contributed by atoms with Crippen molar-refractivity contribution in [1.82, 2.24) is 4.98 Å². The minimum Gasteiger partial charge on any atom is -0.478 e. The zero-order chi connectivity index (χ0) is 17.1. The van der Waals surface area contributed by atoms with Gasteiger partial charge in [0.15, 0.2) is 0 Å². The zero-order valence-corrected chi connectivity index (χ0v) is 13.8. The van der Waals surface area contributed by atoms with Crippen molar-refractivity contribution in [2.75, 3.05) is 11.9 Å². The molecular formula is C20H20N2O2. The number of aromatic nitrogens is 1. The average molecular weight is 320 g/mol. The summed E-state index contributed by atoms with van der Waals surface area (Å²) in [4.78, 5) is 16.7. The van der Waals surface area contributed by atoms with E-state index >= 15 is 0 Å². The average Bonchev–Trinajstić information content (AvgIpc) is 2.61. The fourth-order valence-corrected chi connectivity index (χ4v) is 2.90. The summed E-state index contributed by atoms with van der Waals surface area (Å²) in [5, 5.41) is 13.9. The second-order valence-corrected chi connectivity index (χ2v) is 5.62. The third kappa shape index (κ3) is 2.83. The predicted molar refractivity (Wildman–Crippen MR) is 97.7 cm³/mol. The van der Waals surface area contributed by atoms with Gasteiger partial charge in [0.1, 0.15) is 5.56 Å². The number of benzene rings is 2. The Morgan fingerprint density at radius 1 is 1.12 bits per heavy atom. The second-order valence-electron chi connectivity index (χ2n) is 5.62. The van der Waals surface area contributed by atoms with Gasteiger partial charge in [-0.1, -0.05) is 43.3 Å². The van der Waals surface area contributed by atoms with Crippen molar-refractivity contribution >= 4 is 22.6 Å². The quantitative estimate of drug-likeness (QED) is 0.721. The van der Waals surface area contributed by atoms with Gasteiger partial charge in [-0.3, -0.25) is 0 Å². The van der Waals surface area contributed by atoms with Crippen LogP contribution < -0.4 is 5.32 Å². The van der Waals surface area contributed by atoms with Gasteiger partial charge in [0.2, 0.25) is 0 Å². The van der Waals surface area contributed by atoms with E-state index in [4.69, 9.17) is 0 Å². The number of fused-ring (bicyclic) bond motifs is 1. The Labute approximate surface area is 141 Å². The number of rotatable bonds is 5. The topological polar surface area (TPSA) is 62.2 Å². The third-order valence-electron chi connectivity index (χ3n) is 4.07. The lowest BCUT2D eigenvalue weighted by Gasteiger charge is -2.16. The number of carboxylic acid groups (broad SMARTS) is 1. The molecule has 0 bridgehead atoms. The van der Waals surface area contributed by atoms with E-state index in [1.165, 1.54) is 0 Å². The van der Waals surface area contributed by atoms with Gasteiger partial charge < -0.3 is 10.4 Å². The van der Waals surface area contributed by atoms with Crippen molar-refractivity contribution in [3.05, 3.63) is 59.7 Å². The minimum absolute atomic E-state index is 0.226. The van der Waals surface area contributed by atoms with Crippen LogP contribution >= 0.6 is 0 Å². The van der Waals surface area contributed by atoms with Crippen LogP contribution in [0.25, 0.3) is 22.2 Å². The molecule has 0 saturated carbocycles. The minimum atomic E-state index is -0.971. The molecule has 0 aliphatic rings. The first-order chi connectivity index (χ1) is 11.7. The van der Waals surface area contributed by atoms with Crippen LogP contribution in [-0.2, 0) is 6.42 Å². The van der Waals surface area contributed by atoms with E-state index in [0.29, 0.717) is 17.9 Å². The van der Waals surface area contributed by atoms with Crippen LogP contribution in [0.1, 0.15) is 29.8 Å². The smallest absolute Gasteiger partial charge is 0.340 e. The van der Waals surface area contributed by atoms with Crippen LogP contribution in [0.3, 0.4) is 0 Å². The summed E-state index contributed by atoms with van der Waals surface area (Å²) in [5.41, 5.74) is 4.12. The molecule has 0 aliphatic heterocycles. The monoisotopic (exact) mass is 320 g/mol. The van der Waals surface area contributed by atoms with Crippen LogP contribution in [0, 0.1) is 0 Å². The molecule has 122 valence electrons. The molecule has 1 aromatic heterocycles. The highest BCUT2D eigenvalue weighted by Gasteiger charge is 2.21. The van der Waals surface area contributed by atoms with Crippen molar-refractivity contribution in [2.24, 2.45) is 0 Å². The summed E-state index contributed by atoms with van der Waals surface area (Å²) >= 11 is 0. The molecule has 3 rings (SSSR count). The fraction of sp³-hybridized carbons (Fsp3) is 0.200. The Morgan fingerprint density at radius 2 is 1.88 bits per heavy atom. The van der Waals surface area contributed by atoms with Crippen LogP contribution in [0.2, 0.25) is 0 Å². The molecule has 0 aliphatic carbocycles. The van der Waals surface area contributed by atoms with Crippen molar-refractivity contribution in [2.45, 2.75) is 20.3 Å². The maximum atomic E-state index is 12.0. The number of carbonyl (C=O) groups is 1. The number of anilines is 1. The Balaban J connectivity index is 2.40. The lowest BCUT2D eigenvalue weighted by molar-refractivity contribution is 0.0698. The molecule has 2 N–H and O–H groups in total. The van der Waals surface area contributed by atoms with Crippen LogP contribution in [0.15, 0.2) is 48.5 Å². The van der Waals surface area contributed by atoms with Crippen molar-refractivity contribution in [3.8, 4) is 11.3 Å². The lowest BCUT2D eigenvalue weighted by Crippen LogP contribution is -2.10. The van der Waals surface area contributed by atoms with Crippen LogP contribution in [0.4, 0.5) is 5.69 Å². The highest BCUT2D eigenvalue weighted by molar-refractivity contribution is 6.09. The molecule has 0 atom stereocenters. The Morgan fingerprint density at radius 3 is 2.50 bits per heavy atom. The van der Waals surface area contributed by atoms with Gasteiger partial charge in [0.05, 0.1) is 16.9 Å². The number of aryl methyl sites for hydroxylation is 1. The van der Waals surface area contributed by atoms with Crippen molar-refractivity contribution in [3.63, 3.8) is 0 Å². The number of pyridine rings is 1. The van der Waals surface area contributed by atoms with Gasteiger partial charge in [0, 0.05) is 17.5 Å². The summed E-state index contributed by atoms with van der Waals surface area (Å²) in [6.07, 6.45) is 0.893. The second kappa shape index (κ2) is 6.71. The normalized spacial score (nSPS) is 10.8. The van der Waals surface area contributed by atoms with E-state index in [0.717, 1.165) is 28.5 Å². The van der Waals surface area contributed by atoms with Crippen molar-refractivity contribution < 1.29 is 9.90 Å². The first-order valence-corrected chi connectivity index (χ1v) is 8.14. The SMILES string of the molecule is CCNc1c(C(=O)O)c(-c2ccccc2)nc2ccc(CC)cc12.